The second kappa shape index (κ2) is 7.75. The fourth-order valence-corrected chi connectivity index (χ4v) is 4.80. The molecule has 0 saturated carbocycles. The van der Waals surface area contributed by atoms with Gasteiger partial charge < -0.3 is 10.0 Å². The van der Waals surface area contributed by atoms with E-state index >= 15 is 0 Å². The first-order chi connectivity index (χ1) is 12.4. The van der Waals surface area contributed by atoms with Crippen molar-refractivity contribution in [2.24, 2.45) is 0 Å². The lowest BCUT2D eigenvalue weighted by Gasteiger charge is -2.21. The molecule has 26 heavy (non-hydrogen) atoms. The Bertz CT molecular complexity index is 806. The van der Waals surface area contributed by atoms with E-state index in [0.717, 1.165) is 31.2 Å². The van der Waals surface area contributed by atoms with Gasteiger partial charge in [0.05, 0.1) is 4.90 Å². The second-order valence-electron chi connectivity index (χ2n) is 6.87. The summed E-state index contributed by atoms with van der Waals surface area (Å²) in [5, 5.41) is 9.13. The highest BCUT2D eigenvalue weighted by Crippen LogP contribution is 2.24. The molecule has 3 rings (SSSR count). The molecule has 0 radical (unpaired) electrons. The van der Waals surface area contributed by atoms with E-state index in [1.54, 1.807) is 12.1 Å². The largest absolute Gasteiger partial charge is 0.480 e. The maximum atomic E-state index is 12.5. The van der Waals surface area contributed by atoms with E-state index in [4.69, 9.17) is 5.11 Å². The van der Waals surface area contributed by atoms with Gasteiger partial charge in [-0.1, -0.05) is 6.07 Å². The summed E-state index contributed by atoms with van der Waals surface area (Å²) in [7, 11) is -3.68. The number of hydrogen-bond donors (Lipinski definition) is 2. The average Bonchev–Trinajstić information content (AvgIpc) is 3.11. The van der Waals surface area contributed by atoms with Gasteiger partial charge in [-0.3, -0.25) is 4.79 Å². The highest BCUT2D eigenvalue weighted by atomic mass is 32.2. The van der Waals surface area contributed by atoms with Crippen molar-refractivity contribution < 1.29 is 23.1 Å². The fraction of sp³-hybridized carbons (Fsp3) is 0.556. The molecule has 1 aliphatic heterocycles. The Morgan fingerprint density at radius 2 is 1.88 bits per heavy atom. The maximum Gasteiger partial charge on any atom is 0.326 e. The van der Waals surface area contributed by atoms with Crippen LogP contribution in [0.5, 0.6) is 0 Å². The summed E-state index contributed by atoms with van der Waals surface area (Å²) in [6.45, 7) is 0.370. The molecule has 8 heteroatoms. The molecule has 0 aromatic heterocycles. The van der Waals surface area contributed by atoms with Crippen molar-refractivity contribution in [3.8, 4) is 0 Å². The summed E-state index contributed by atoms with van der Waals surface area (Å²) in [5.41, 5.74) is 2.29. The molecule has 0 unspecified atom stereocenters. The van der Waals surface area contributed by atoms with Crippen molar-refractivity contribution in [1.29, 1.82) is 0 Å². The number of carboxylic acid groups (broad SMARTS) is 1. The standard InChI is InChI=1S/C18H24N2O5S/c21-17(20-11-3-6-16(20)18(22)23)9-10-19-26(24,25)15-8-7-13-4-1-2-5-14(13)12-15/h7-8,12,16,19H,1-6,9-11H2,(H,22,23)/t16-/m0/s1. The SMILES string of the molecule is O=C(O)[C@@H]1CCCN1C(=O)CCNS(=O)(=O)c1ccc2c(c1)CCCC2. The van der Waals surface area contributed by atoms with E-state index < -0.39 is 22.0 Å². The number of carbonyl (C=O) groups excluding carboxylic acids is 1. The zero-order valence-corrected chi connectivity index (χ0v) is 15.4. The number of sulfonamides is 1. The van der Waals surface area contributed by atoms with Crippen molar-refractivity contribution in [3.63, 3.8) is 0 Å². The number of benzene rings is 1. The second-order valence-corrected chi connectivity index (χ2v) is 8.64. The number of aryl methyl sites for hydroxylation is 2. The number of rotatable bonds is 6. The molecule has 7 nitrogen and oxygen atoms in total. The van der Waals surface area contributed by atoms with Crippen molar-refractivity contribution in [2.45, 2.75) is 55.9 Å². The lowest BCUT2D eigenvalue weighted by molar-refractivity contribution is -0.148. The molecule has 2 N–H and O–H groups in total. The molecular formula is C18H24N2O5S. The number of carboxylic acids is 1. The lowest BCUT2D eigenvalue weighted by atomic mass is 9.92. The number of nitrogens with zero attached hydrogens (tertiary/aromatic N) is 1. The first-order valence-electron chi connectivity index (χ1n) is 9.02. The summed E-state index contributed by atoms with van der Waals surface area (Å²) in [5.74, 6) is -1.34. The van der Waals surface area contributed by atoms with E-state index in [-0.39, 0.29) is 23.8 Å². The summed E-state index contributed by atoms with van der Waals surface area (Å²) >= 11 is 0. The van der Waals surface area contributed by atoms with Crippen LogP contribution in [0.2, 0.25) is 0 Å². The molecule has 1 atom stereocenters. The highest BCUT2D eigenvalue weighted by molar-refractivity contribution is 7.89. The smallest absolute Gasteiger partial charge is 0.326 e. The quantitative estimate of drug-likeness (QED) is 0.774. The third-order valence-electron chi connectivity index (χ3n) is 5.12. The number of aliphatic carboxylic acids is 1. The Hall–Kier alpha value is -1.93. The van der Waals surface area contributed by atoms with Crippen LogP contribution >= 0.6 is 0 Å². The first-order valence-corrected chi connectivity index (χ1v) is 10.5. The Kier molecular flexibility index (Phi) is 5.62. The van der Waals surface area contributed by atoms with Crippen molar-refractivity contribution in [2.75, 3.05) is 13.1 Å². The number of hydrogen-bond acceptors (Lipinski definition) is 4. The number of fused-ring (bicyclic) bond motifs is 1. The minimum atomic E-state index is -3.68. The normalized spacial score (nSPS) is 20.0. The number of nitrogens with one attached hydrogen (secondary N) is 1. The van der Waals surface area contributed by atoms with Crippen molar-refractivity contribution in [3.05, 3.63) is 29.3 Å². The molecule has 1 aliphatic carbocycles. The Morgan fingerprint density at radius 1 is 1.15 bits per heavy atom. The first kappa shape index (κ1) is 18.8. The van der Waals surface area contributed by atoms with E-state index in [9.17, 15) is 18.0 Å². The zero-order valence-electron chi connectivity index (χ0n) is 14.6. The monoisotopic (exact) mass is 380 g/mol. The number of amides is 1. The molecule has 0 bridgehead atoms. The Morgan fingerprint density at radius 3 is 2.62 bits per heavy atom. The van der Waals surface area contributed by atoms with Crippen LogP contribution < -0.4 is 4.72 Å². The number of carbonyl (C=O) groups is 2. The number of likely N-dealkylation sites (tertiary alicyclic amines) is 1. The molecule has 1 amide bonds. The summed E-state index contributed by atoms with van der Waals surface area (Å²) in [4.78, 5) is 24.9. The molecule has 1 fully saturated rings. The molecule has 1 aromatic carbocycles. The Labute approximate surface area is 153 Å². The minimum absolute atomic E-state index is 0.0406. The predicted molar refractivity (Wildman–Crippen MR) is 95.3 cm³/mol. The van der Waals surface area contributed by atoms with E-state index in [2.05, 4.69) is 4.72 Å². The third-order valence-corrected chi connectivity index (χ3v) is 6.58. The molecule has 1 aromatic rings. The summed E-state index contributed by atoms with van der Waals surface area (Å²) in [6, 6.07) is 4.41. The maximum absolute atomic E-state index is 12.5. The van der Waals surface area contributed by atoms with Crippen LogP contribution in [0.1, 0.15) is 43.2 Å². The van der Waals surface area contributed by atoms with Gasteiger partial charge in [-0.15, -0.1) is 0 Å². The van der Waals surface area contributed by atoms with Crippen LogP contribution in [0.3, 0.4) is 0 Å². The van der Waals surface area contributed by atoms with Crippen molar-refractivity contribution in [1.82, 2.24) is 9.62 Å². The zero-order chi connectivity index (χ0) is 18.7. The van der Waals surface area contributed by atoms with Gasteiger partial charge in [0.15, 0.2) is 0 Å². The van der Waals surface area contributed by atoms with Gasteiger partial charge in [0.2, 0.25) is 15.9 Å². The predicted octanol–water partition coefficient (Wildman–Crippen LogP) is 1.31. The molecule has 1 saturated heterocycles. The van der Waals surface area contributed by atoms with Gasteiger partial charge in [-0.05, 0) is 61.8 Å². The molecule has 1 heterocycles. The summed E-state index contributed by atoms with van der Waals surface area (Å²) in [6.07, 6.45) is 5.13. The topological polar surface area (TPSA) is 104 Å². The van der Waals surface area contributed by atoms with Crippen molar-refractivity contribution >= 4 is 21.9 Å². The van der Waals surface area contributed by atoms with Crippen LogP contribution in [0.25, 0.3) is 0 Å². The Balaban J connectivity index is 1.58. The summed E-state index contributed by atoms with van der Waals surface area (Å²) < 4.78 is 27.4. The minimum Gasteiger partial charge on any atom is -0.480 e. The van der Waals surface area contributed by atoms with E-state index in [0.29, 0.717) is 19.4 Å². The molecule has 2 aliphatic rings. The lowest BCUT2D eigenvalue weighted by Crippen LogP contribution is -2.41. The van der Waals surface area contributed by atoms with Gasteiger partial charge in [0.25, 0.3) is 0 Å². The third kappa shape index (κ3) is 4.07. The van der Waals surface area contributed by atoms with Crippen LogP contribution in [-0.4, -0.2) is 49.4 Å². The van der Waals surface area contributed by atoms with E-state index in [1.165, 1.54) is 10.5 Å². The van der Waals surface area contributed by atoms with Crippen LogP contribution in [0.4, 0.5) is 0 Å². The average molecular weight is 380 g/mol. The highest BCUT2D eigenvalue weighted by Gasteiger charge is 2.33. The van der Waals surface area contributed by atoms with Gasteiger partial charge in [0, 0.05) is 19.5 Å². The molecular weight excluding hydrogens is 356 g/mol. The van der Waals surface area contributed by atoms with Gasteiger partial charge in [-0.25, -0.2) is 17.9 Å². The van der Waals surface area contributed by atoms with Gasteiger partial charge >= 0.3 is 5.97 Å². The van der Waals surface area contributed by atoms with Crippen LogP contribution in [-0.2, 0) is 32.5 Å². The fourth-order valence-electron chi connectivity index (χ4n) is 3.72. The molecule has 142 valence electrons. The van der Waals surface area contributed by atoms with Crippen LogP contribution in [0.15, 0.2) is 23.1 Å². The van der Waals surface area contributed by atoms with Gasteiger partial charge in [-0.2, -0.15) is 0 Å². The van der Waals surface area contributed by atoms with Gasteiger partial charge in [0.1, 0.15) is 6.04 Å². The van der Waals surface area contributed by atoms with E-state index in [1.807, 2.05) is 6.07 Å². The molecule has 0 spiro atoms. The van der Waals surface area contributed by atoms with Crippen LogP contribution in [0, 0.1) is 0 Å².